The normalized spacial score (nSPS) is 19.2. The summed E-state index contributed by atoms with van der Waals surface area (Å²) in [7, 11) is 2.22. The molecular formula is C36H69NO4. The summed E-state index contributed by atoms with van der Waals surface area (Å²) >= 11 is 0. The van der Waals surface area contributed by atoms with E-state index in [0.717, 1.165) is 51.5 Å². The Hall–Kier alpha value is -1.10. The van der Waals surface area contributed by atoms with E-state index < -0.39 is 5.97 Å². The van der Waals surface area contributed by atoms with Crippen molar-refractivity contribution in [1.82, 2.24) is 4.90 Å². The van der Waals surface area contributed by atoms with Gasteiger partial charge >= 0.3 is 11.9 Å². The Morgan fingerprint density at radius 3 is 1.76 bits per heavy atom. The lowest BCUT2D eigenvalue weighted by Gasteiger charge is -2.40. The Kier molecular flexibility index (Phi) is 23.5. The van der Waals surface area contributed by atoms with Crippen LogP contribution in [0.25, 0.3) is 0 Å². The molecule has 0 radical (unpaired) electrons. The Bertz CT molecular complexity index is 639. The van der Waals surface area contributed by atoms with Gasteiger partial charge in [-0.2, -0.15) is 0 Å². The number of carbonyl (C=O) groups excluding carboxylic acids is 1. The Morgan fingerprint density at radius 1 is 0.732 bits per heavy atom. The fraction of sp³-hybridized carbons (Fsp3) is 0.944. The predicted octanol–water partition coefficient (Wildman–Crippen LogP) is 10.3. The first kappa shape index (κ1) is 37.9. The molecule has 4 atom stereocenters. The van der Waals surface area contributed by atoms with Gasteiger partial charge in [0.25, 0.3) is 0 Å². The first-order valence-corrected chi connectivity index (χ1v) is 18.0. The van der Waals surface area contributed by atoms with Gasteiger partial charge in [-0.05, 0) is 70.9 Å². The van der Waals surface area contributed by atoms with Crippen LogP contribution >= 0.6 is 0 Å². The molecule has 0 aliphatic carbocycles. The van der Waals surface area contributed by atoms with Crippen LogP contribution in [0.2, 0.25) is 0 Å². The molecule has 0 spiro atoms. The lowest BCUT2D eigenvalue weighted by atomic mass is 9.79. The summed E-state index contributed by atoms with van der Waals surface area (Å²) in [6.07, 6.45) is 29.4. The van der Waals surface area contributed by atoms with Crippen LogP contribution in [0.5, 0.6) is 0 Å². The number of esters is 1. The Morgan fingerprint density at radius 2 is 1.22 bits per heavy atom. The average Bonchev–Trinajstić information content (AvgIpc) is 2.96. The highest BCUT2D eigenvalue weighted by Gasteiger charge is 2.34. The van der Waals surface area contributed by atoms with Crippen LogP contribution < -0.4 is 0 Å². The number of aliphatic carboxylic acids is 1. The minimum Gasteiger partial charge on any atom is -0.481 e. The minimum atomic E-state index is -0.595. The molecule has 0 aromatic carbocycles. The summed E-state index contributed by atoms with van der Waals surface area (Å²) in [5.74, 6) is -0.120. The van der Waals surface area contributed by atoms with Crippen molar-refractivity contribution in [3.05, 3.63) is 0 Å². The van der Waals surface area contributed by atoms with Gasteiger partial charge in [-0.25, -0.2) is 0 Å². The molecule has 1 saturated heterocycles. The molecule has 1 rings (SSSR count). The van der Waals surface area contributed by atoms with Gasteiger partial charge in [-0.15, -0.1) is 0 Å². The van der Waals surface area contributed by atoms with Crippen LogP contribution in [0.1, 0.15) is 181 Å². The highest BCUT2D eigenvalue weighted by atomic mass is 16.5. The van der Waals surface area contributed by atoms with Crippen LogP contribution in [-0.4, -0.2) is 47.7 Å². The maximum atomic E-state index is 12.2. The largest absolute Gasteiger partial charge is 0.481 e. The van der Waals surface area contributed by atoms with E-state index >= 15 is 0 Å². The topological polar surface area (TPSA) is 66.8 Å². The number of likely N-dealkylation sites (tertiary alicyclic amines) is 1. The van der Waals surface area contributed by atoms with Gasteiger partial charge in [-0.3, -0.25) is 9.59 Å². The van der Waals surface area contributed by atoms with Gasteiger partial charge in [0, 0.05) is 12.5 Å². The molecule has 0 aromatic rings. The Labute approximate surface area is 254 Å². The predicted molar refractivity (Wildman–Crippen MR) is 173 cm³/mol. The van der Waals surface area contributed by atoms with Crippen LogP contribution in [0, 0.1) is 11.8 Å². The quantitative estimate of drug-likeness (QED) is 0.0774. The molecular weight excluding hydrogens is 510 g/mol. The molecule has 1 fully saturated rings. The summed E-state index contributed by atoms with van der Waals surface area (Å²) in [6.45, 7) is 7.51. The molecule has 0 bridgehead atoms. The van der Waals surface area contributed by atoms with E-state index in [9.17, 15) is 14.7 Å². The van der Waals surface area contributed by atoms with Gasteiger partial charge in [-0.1, -0.05) is 124 Å². The van der Waals surface area contributed by atoms with Crippen molar-refractivity contribution in [1.29, 1.82) is 0 Å². The zero-order chi connectivity index (χ0) is 30.1. The lowest BCUT2D eigenvalue weighted by molar-refractivity contribution is -0.149. The van der Waals surface area contributed by atoms with Crippen molar-refractivity contribution in [2.45, 2.75) is 193 Å². The number of hydrogen-bond acceptors (Lipinski definition) is 4. The van der Waals surface area contributed by atoms with E-state index in [4.69, 9.17) is 4.74 Å². The first-order valence-electron chi connectivity index (χ1n) is 18.0. The molecule has 5 nitrogen and oxygen atoms in total. The molecule has 4 unspecified atom stereocenters. The van der Waals surface area contributed by atoms with Crippen molar-refractivity contribution in [3.63, 3.8) is 0 Å². The molecule has 0 aromatic heterocycles. The summed E-state index contributed by atoms with van der Waals surface area (Å²) in [4.78, 5) is 26.4. The van der Waals surface area contributed by atoms with Gasteiger partial charge in [0.05, 0.1) is 5.92 Å². The minimum absolute atomic E-state index is 0.00215. The van der Waals surface area contributed by atoms with E-state index in [0.29, 0.717) is 18.4 Å². The average molecular weight is 580 g/mol. The van der Waals surface area contributed by atoms with Crippen LogP contribution in [-0.2, 0) is 14.3 Å². The number of carboxylic acid groups (broad SMARTS) is 1. The van der Waals surface area contributed by atoms with Crippen molar-refractivity contribution >= 4 is 11.9 Å². The third-order valence-corrected chi connectivity index (χ3v) is 9.58. The van der Waals surface area contributed by atoms with Crippen LogP contribution in [0.3, 0.4) is 0 Å². The number of nitrogens with zero attached hydrogens (tertiary/aromatic N) is 1. The summed E-state index contributed by atoms with van der Waals surface area (Å²) in [5.41, 5.74) is 0. The number of ether oxygens (including phenoxy) is 1. The van der Waals surface area contributed by atoms with Gasteiger partial charge in [0.15, 0.2) is 0 Å². The van der Waals surface area contributed by atoms with Gasteiger partial charge in [0.2, 0.25) is 0 Å². The molecule has 0 amide bonds. The number of rotatable bonds is 27. The second-order valence-electron chi connectivity index (χ2n) is 13.2. The molecule has 1 N–H and O–H groups in total. The molecule has 1 aliphatic heterocycles. The molecule has 1 aliphatic rings. The molecule has 41 heavy (non-hydrogen) atoms. The highest BCUT2D eigenvalue weighted by Crippen LogP contribution is 2.33. The van der Waals surface area contributed by atoms with E-state index in [2.05, 4.69) is 32.7 Å². The van der Waals surface area contributed by atoms with Crippen molar-refractivity contribution in [3.8, 4) is 0 Å². The zero-order valence-electron chi connectivity index (χ0n) is 27.8. The van der Waals surface area contributed by atoms with E-state index in [-0.39, 0.29) is 18.0 Å². The molecule has 5 heteroatoms. The summed E-state index contributed by atoms with van der Waals surface area (Å²) in [6, 6.07) is 0.431. The van der Waals surface area contributed by atoms with E-state index in [1.165, 1.54) is 109 Å². The third kappa shape index (κ3) is 18.9. The monoisotopic (exact) mass is 580 g/mol. The van der Waals surface area contributed by atoms with Crippen molar-refractivity contribution in [2.75, 3.05) is 13.6 Å². The summed E-state index contributed by atoms with van der Waals surface area (Å²) < 4.78 is 5.68. The molecule has 1 heterocycles. The van der Waals surface area contributed by atoms with Gasteiger partial charge < -0.3 is 14.7 Å². The number of carboxylic acids is 1. The van der Waals surface area contributed by atoms with Crippen molar-refractivity contribution < 1.29 is 19.4 Å². The number of carbonyl (C=O) groups is 2. The third-order valence-electron chi connectivity index (χ3n) is 9.58. The highest BCUT2D eigenvalue weighted by molar-refractivity contribution is 5.70. The smallest absolute Gasteiger partial charge is 0.306 e. The lowest BCUT2D eigenvalue weighted by Crippen LogP contribution is -2.46. The number of unbranched alkanes of at least 4 members (excludes halogenated alkanes) is 15. The van der Waals surface area contributed by atoms with Crippen LogP contribution in [0.15, 0.2) is 0 Å². The SMILES string of the molecule is CCCCCCCCCC(CCCCCCCCCCC(=O)OC(CC)CCCCC)C1CC(C(=O)O)CCN1C. The number of hydrogen-bond donors (Lipinski definition) is 1. The molecule has 242 valence electrons. The second kappa shape index (κ2) is 25.4. The standard InChI is InChI=1S/C36H69NO4/c1-5-8-10-11-14-17-21-24-31(34-30-32(36(39)40)28-29-37(34)4)25-22-18-15-12-13-16-19-23-27-35(38)41-33(7-3)26-20-9-6-2/h31-34H,5-30H2,1-4H3,(H,39,40). The molecule has 0 saturated carbocycles. The van der Waals surface area contributed by atoms with E-state index in [1.807, 2.05) is 0 Å². The first-order chi connectivity index (χ1) is 19.9. The number of piperidine rings is 1. The maximum absolute atomic E-state index is 12.2. The Balaban J connectivity index is 2.24. The maximum Gasteiger partial charge on any atom is 0.306 e. The van der Waals surface area contributed by atoms with E-state index in [1.54, 1.807) is 0 Å². The summed E-state index contributed by atoms with van der Waals surface area (Å²) in [5, 5.41) is 9.66. The zero-order valence-corrected chi connectivity index (χ0v) is 27.8. The second-order valence-corrected chi connectivity index (χ2v) is 13.2. The van der Waals surface area contributed by atoms with Crippen LogP contribution in [0.4, 0.5) is 0 Å². The fourth-order valence-corrected chi connectivity index (χ4v) is 6.73. The van der Waals surface area contributed by atoms with Gasteiger partial charge in [0.1, 0.15) is 6.10 Å². The van der Waals surface area contributed by atoms with Crippen molar-refractivity contribution in [2.24, 2.45) is 11.8 Å². The fourth-order valence-electron chi connectivity index (χ4n) is 6.73.